The van der Waals surface area contributed by atoms with Crippen LogP contribution in [0.1, 0.15) is 42.7 Å². The molecule has 2 aromatic heterocycles. The number of aryl methyl sites for hydroxylation is 1. The lowest BCUT2D eigenvalue weighted by Gasteiger charge is -2.22. The second kappa shape index (κ2) is 8.63. The van der Waals surface area contributed by atoms with E-state index < -0.39 is 11.9 Å². The molecule has 1 aliphatic heterocycles. The number of fused-ring (bicyclic) bond motifs is 5. The maximum absolute atomic E-state index is 14.2. The fourth-order valence-electron chi connectivity index (χ4n) is 3.82. The Morgan fingerprint density at radius 3 is 2.88 bits per heavy atom. The summed E-state index contributed by atoms with van der Waals surface area (Å²) in [4.78, 5) is 8.81. The average Bonchev–Trinajstić information content (AvgIpc) is 3.11. The van der Waals surface area contributed by atoms with E-state index >= 15 is 0 Å². The number of allylic oxidation sites excluding steroid dienone is 1. The van der Waals surface area contributed by atoms with Crippen molar-refractivity contribution in [3.8, 4) is 17.1 Å². The molecule has 32 heavy (non-hydrogen) atoms. The van der Waals surface area contributed by atoms with Gasteiger partial charge < -0.3 is 20.2 Å². The van der Waals surface area contributed by atoms with Gasteiger partial charge in [-0.05, 0) is 38.1 Å². The number of nitrogens with zero attached hydrogens (tertiary/aromatic N) is 2. The minimum absolute atomic E-state index is 0.142. The maximum atomic E-state index is 14.2. The lowest BCUT2D eigenvalue weighted by Crippen LogP contribution is -2.18. The van der Waals surface area contributed by atoms with Gasteiger partial charge in [-0.2, -0.15) is 0 Å². The third kappa shape index (κ3) is 4.05. The lowest BCUT2D eigenvalue weighted by atomic mass is 9.96. The van der Waals surface area contributed by atoms with Crippen LogP contribution in [0.2, 0.25) is 0 Å². The molecule has 0 saturated heterocycles. The smallest absolute Gasteiger partial charge is 0.192 e. The lowest BCUT2D eigenvalue weighted by molar-refractivity contribution is 0.227. The van der Waals surface area contributed by atoms with Crippen molar-refractivity contribution in [1.82, 2.24) is 15.3 Å². The van der Waals surface area contributed by atoms with Gasteiger partial charge in [-0.3, -0.25) is 5.41 Å². The van der Waals surface area contributed by atoms with Crippen molar-refractivity contribution in [2.24, 2.45) is 0 Å². The Hall–Kier alpha value is -3.39. The molecule has 1 aromatic carbocycles. The Bertz CT molecular complexity index is 1240. The quantitative estimate of drug-likeness (QED) is 0.479. The van der Waals surface area contributed by atoms with Gasteiger partial charge in [-0.15, -0.1) is 0 Å². The van der Waals surface area contributed by atoms with E-state index in [0.717, 1.165) is 0 Å². The standard InChI is InChI=1S/C23H23ClFN5O2/c1-4-28-20-13-7-19(23(27)29-10-13)31-11(2)16-8-14(25)5-6-15(16)21-18(30-12(3)32-21)9-17(20)22(24)26/h5-8,10-11,26,28H,4,9H2,1-3H3,(H2,27,29)/b20-17-,26-22?. The number of nitrogen functional groups attached to an aromatic ring is 1. The number of anilines is 1. The Morgan fingerprint density at radius 2 is 2.16 bits per heavy atom. The number of oxazole rings is 1. The van der Waals surface area contributed by atoms with Crippen molar-refractivity contribution in [1.29, 1.82) is 5.41 Å². The third-order valence-electron chi connectivity index (χ3n) is 5.24. The van der Waals surface area contributed by atoms with Gasteiger partial charge in [-0.1, -0.05) is 11.6 Å². The van der Waals surface area contributed by atoms with Crippen molar-refractivity contribution in [3.63, 3.8) is 0 Å². The van der Waals surface area contributed by atoms with E-state index in [4.69, 9.17) is 31.9 Å². The van der Waals surface area contributed by atoms with Crippen molar-refractivity contribution in [2.75, 3.05) is 12.3 Å². The Kier molecular flexibility index (Phi) is 5.88. The van der Waals surface area contributed by atoms with E-state index in [9.17, 15) is 4.39 Å². The van der Waals surface area contributed by atoms with E-state index in [2.05, 4.69) is 15.3 Å². The summed E-state index contributed by atoms with van der Waals surface area (Å²) in [6, 6.07) is 6.15. The summed E-state index contributed by atoms with van der Waals surface area (Å²) in [5, 5.41) is 11.4. The van der Waals surface area contributed by atoms with Crippen LogP contribution < -0.4 is 15.8 Å². The molecular weight excluding hydrogens is 433 g/mol. The van der Waals surface area contributed by atoms with E-state index in [1.165, 1.54) is 12.1 Å². The number of nitrogens with one attached hydrogen (secondary N) is 2. The molecule has 0 aliphatic carbocycles. The predicted octanol–water partition coefficient (Wildman–Crippen LogP) is 5.00. The van der Waals surface area contributed by atoms with Gasteiger partial charge >= 0.3 is 0 Å². The molecule has 0 saturated carbocycles. The summed E-state index contributed by atoms with van der Waals surface area (Å²) in [5.74, 6) is 1.07. The number of rotatable bonds is 3. The molecule has 1 unspecified atom stereocenters. The summed E-state index contributed by atoms with van der Waals surface area (Å²) in [7, 11) is 0. The fraction of sp³-hybridized carbons (Fsp3) is 0.261. The van der Waals surface area contributed by atoms with Gasteiger partial charge in [0.1, 0.15) is 17.1 Å². The van der Waals surface area contributed by atoms with Gasteiger partial charge in [-0.25, -0.2) is 14.4 Å². The predicted molar refractivity (Wildman–Crippen MR) is 122 cm³/mol. The highest BCUT2D eigenvalue weighted by Crippen LogP contribution is 2.38. The second-order valence-corrected chi connectivity index (χ2v) is 7.86. The van der Waals surface area contributed by atoms with Crippen LogP contribution in [0.4, 0.5) is 10.2 Å². The molecule has 4 rings (SSSR count). The molecule has 0 fully saturated rings. The van der Waals surface area contributed by atoms with E-state index in [1.54, 1.807) is 32.2 Å². The maximum Gasteiger partial charge on any atom is 0.192 e. The molecule has 0 amide bonds. The molecular formula is C23H23ClFN5O2. The monoisotopic (exact) mass is 455 g/mol. The Labute approximate surface area is 190 Å². The van der Waals surface area contributed by atoms with Gasteiger partial charge in [0.2, 0.25) is 0 Å². The summed E-state index contributed by atoms with van der Waals surface area (Å²) < 4.78 is 26.3. The summed E-state index contributed by atoms with van der Waals surface area (Å²) in [5.41, 5.74) is 9.68. The molecule has 4 N–H and O–H groups in total. The van der Waals surface area contributed by atoms with E-state index in [-0.39, 0.29) is 17.4 Å². The summed E-state index contributed by atoms with van der Waals surface area (Å²) in [6.45, 7) is 6.08. The minimum Gasteiger partial charge on any atom is -0.482 e. The van der Waals surface area contributed by atoms with Gasteiger partial charge in [0.25, 0.3) is 0 Å². The number of ether oxygens (including phenoxy) is 1. The number of hydrogen-bond acceptors (Lipinski definition) is 7. The van der Waals surface area contributed by atoms with Crippen molar-refractivity contribution >= 4 is 28.3 Å². The van der Waals surface area contributed by atoms with Crippen LogP contribution >= 0.6 is 11.6 Å². The number of benzene rings is 1. The van der Waals surface area contributed by atoms with Crippen molar-refractivity contribution in [2.45, 2.75) is 33.3 Å². The largest absolute Gasteiger partial charge is 0.482 e. The average molecular weight is 456 g/mol. The van der Waals surface area contributed by atoms with E-state index in [0.29, 0.717) is 57.6 Å². The number of pyridine rings is 1. The number of aromatic nitrogens is 2. The third-order valence-corrected chi connectivity index (χ3v) is 5.47. The molecule has 2 bridgehead atoms. The van der Waals surface area contributed by atoms with Crippen LogP contribution in [0, 0.1) is 18.2 Å². The second-order valence-electron chi connectivity index (χ2n) is 7.48. The molecule has 3 heterocycles. The molecule has 1 aliphatic rings. The minimum atomic E-state index is -0.560. The molecule has 9 heteroatoms. The van der Waals surface area contributed by atoms with Crippen LogP contribution in [-0.2, 0) is 6.42 Å². The SMILES string of the molecule is CCN/C1=C(\C(=N)Cl)Cc2nc(C)oc2-c2ccc(F)cc2C(C)Oc2cc1cnc2N. The zero-order valence-electron chi connectivity index (χ0n) is 17.9. The normalized spacial score (nSPS) is 18.0. The molecule has 0 spiro atoms. The van der Waals surface area contributed by atoms with Gasteiger partial charge in [0.15, 0.2) is 23.2 Å². The van der Waals surface area contributed by atoms with Crippen LogP contribution in [0.3, 0.4) is 0 Å². The summed E-state index contributed by atoms with van der Waals surface area (Å²) >= 11 is 6.24. The van der Waals surface area contributed by atoms with Crippen LogP contribution in [0.25, 0.3) is 17.0 Å². The number of hydrogen-bond donors (Lipinski definition) is 3. The van der Waals surface area contributed by atoms with Crippen LogP contribution in [0.15, 0.2) is 40.5 Å². The number of halogens is 2. The highest BCUT2D eigenvalue weighted by molar-refractivity contribution is 6.69. The van der Waals surface area contributed by atoms with Crippen molar-refractivity contribution in [3.05, 3.63) is 64.6 Å². The van der Waals surface area contributed by atoms with E-state index in [1.807, 2.05) is 6.92 Å². The molecule has 0 radical (unpaired) electrons. The zero-order valence-corrected chi connectivity index (χ0v) is 18.7. The first-order chi connectivity index (χ1) is 15.3. The first-order valence-corrected chi connectivity index (χ1v) is 10.6. The molecule has 3 aromatic rings. The molecule has 7 nitrogen and oxygen atoms in total. The summed E-state index contributed by atoms with van der Waals surface area (Å²) in [6.07, 6.45) is 1.26. The molecule has 166 valence electrons. The number of nitrogens with two attached hydrogens (primary N) is 1. The highest BCUT2D eigenvalue weighted by Gasteiger charge is 2.26. The Balaban J connectivity index is 2.05. The van der Waals surface area contributed by atoms with Crippen LogP contribution in [-0.4, -0.2) is 21.7 Å². The first-order valence-electron chi connectivity index (χ1n) is 10.2. The van der Waals surface area contributed by atoms with Gasteiger partial charge in [0, 0.05) is 54.0 Å². The topological polar surface area (TPSA) is 110 Å². The van der Waals surface area contributed by atoms with Crippen molar-refractivity contribution < 1.29 is 13.5 Å². The van der Waals surface area contributed by atoms with Gasteiger partial charge in [0.05, 0.1) is 5.69 Å². The molecule has 1 atom stereocenters. The fourth-order valence-corrected chi connectivity index (χ4v) is 3.98. The van der Waals surface area contributed by atoms with Crippen LogP contribution in [0.5, 0.6) is 5.75 Å². The first kappa shape index (κ1) is 21.8. The highest BCUT2D eigenvalue weighted by atomic mass is 35.5. The zero-order chi connectivity index (χ0) is 23.0. The Morgan fingerprint density at radius 1 is 1.38 bits per heavy atom.